The van der Waals surface area contributed by atoms with Gasteiger partial charge in [0.05, 0.1) is 30.7 Å². The van der Waals surface area contributed by atoms with Crippen molar-refractivity contribution in [2.75, 3.05) is 13.2 Å². The van der Waals surface area contributed by atoms with Crippen molar-refractivity contribution in [3.8, 4) is 0 Å². The first-order chi connectivity index (χ1) is 5.16. The van der Waals surface area contributed by atoms with Crippen molar-refractivity contribution in [3.63, 3.8) is 0 Å². The fraction of sp³-hybridized carbons (Fsp3) is 0.667. The Labute approximate surface area is 68.7 Å². The highest BCUT2D eigenvalue weighted by Gasteiger charge is 2.00. The zero-order valence-corrected chi connectivity index (χ0v) is 7.13. The lowest BCUT2D eigenvalue weighted by atomic mass is 10.4. The maximum Gasteiger partial charge on any atom is 0.0942 e. The number of hydrogen-bond donors (Lipinski definition) is 0. The van der Waals surface area contributed by atoms with Crippen LogP contribution in [0, 0.1) is 0 Å². The van der Waals surface area contributed by atoms with Gasteiger partial charge in [-0.3, -0.25) is 4.18 Å². The van der Waals surface area contributed by atoms with Gasteiger partial charge >= 0.3 is 0 Å². The SMILES string of the molecule is C=CCOCC(C)OS(=O)[O-]. The average Bonchev–Trinajstić information content (AvgIpc) is 1.86. The summed E-state index contributed by atoms with van der Waals surface area (Å²) in [6, 6.07) is 0. The van der Waals surface area contributed by atoms with Crippen LogP contribution in [0.4, 0.5) is 0 Å². The molecule has 0 spiro atoms. The van der Waals surface area contributed by atoms with E-state index in [0.717, 1.165) is 0 Å². The summed E-state index contributed by atoms with van der Waals surface area (Å²) in [6.45, 7) is 5.69. The molecule has 0 radical (unpaired) electrons. The van der Waals surface area contributed by atoms with Crippen molar-refractivity contribution in [3.05, 3.63) is 12.7 Å². The third kappa shape index (κ3) is 7.67. The predicted octanol–water partition coefficient (Wildman–Crippen LogP) is 0.388. The lowest BCUT2D eigenvalue weighted by Crippen LogP contribution is -2.17. The topological polar surface area (TPSA) is 58.6 Å². The average molecular weight is 179 g/mol. The third-order valence-electron chi connectivity index (χ3n) is 0.831. The molecule has 0 aromatic heterocycles. The van der Waals surface area contributed by atoms with Crippen molar-refractivity contribution in [2.24, 2.45) is 0 Å². The maximum atomic E-state index is 9.94. The summed E-state index contributed by atoms with van der Waals surface area (Å²) in [5.74, 6) is 0. The first kappa shape index (κ1) is 10.8. The predicted molar refractivity (Wildman–Crippen MR) is 40.5 cm³/mol. The van der Waals surface area contributed by atoms with Crippen LogP contribution in [0.3, 0.4) is 0 Å². The molecule has 5 heteroatoms. The first-order valence-electron chi connectivity index (χ1n) is 3.12. The van der Waals surface area contributed by atoms with Crippen molar-refractivity contribution in [1.82, 2.24) is 0 Å². The van der Waals surface area contributed by atoms with Crippen LogP contribution in [0.2, 0.25) is 0 Å². The number of rotatable bonds is 6. The lowest BCUT2D eigenvalue weighted by Gasteiger charge is -2.13. The van der Waals surface area contributed by atoms with E-state index in [4.69, 9.17) is 4.74 Å². The van der Waals surface area contributed by atoms with Crippen LogP contribution >= 0.6 is 0 Å². The summed E-state index contributed by atoms with van der Waals surface area (Å²) >= 11 is -2.46. The Kier molecular flexibility index (Phi) is 6.34. The highest BCUT2D eigenvalue weighted by Crippen LogP contribution is 1.93. The second kappa shape index (κ2) is 6.48. The van der Waals surface area contributed by atoms with Crippen LogP contribution in [-0.4, -0.2) is 28.1 Å². The van der Waals surface area contributed by atoms with Gasteiger partial charge in [-0.1, -0.05) is 6.08 Å². The van der Waals surface area contributed by atoms with E-state index in [1.54, 1.807) is 13.0 Å². The smallest absolute Gasteiger partial charge is 0.0942 e. The maximum absolute atomic E-state index is 9.94. The largest absolute Gasteiger partial charge is 0.750 e. The second-order valence-electron chi connectivity index (χ2n) is 1.94. The van der Waals surface area contributed by atoms with E-state index in [1.165, 1.54) is 0 Å². The Hall–Kier alpha value is -0.230. The third-order valence-corrected chi connectivity index (χ3v) is 1.32. The minimum Gasteiger partial charge on any atom is -0.750 e. The zero-order chi connectivity index (χ0) is 8.69. The summed E-state index contributed by atoms with van der Waals surface area (Å²) < 4.78 is 29.2. The van der Waals surface area contributed by atoms with Crippen molar-refractivity contribution in [2.45, 2.75) is 13.0 Å². The Morgan fingerprint density at radius 1 is 1.82 bits per heavy atom. The van der Waals surface area contributed by atoms with Crippen LogP contribution in [0.15, 0.2) is 12.7 Å². The van der Waals surface area contributed by atoms with Gasteiger partial charge in [-0.15, -0.1) is 6.58 Å². The molecule has 0 N–H and O–H groups in total. The summed E-state index contributed by atoms with van der Waals surface area (Å²) in [5, 5.41) is 0. The van der Waals surface area contributed by atoms with Crippen LogP contribution in [-0.2, 0) is 20.3 Å². The summed E-state index contributed by atoms with van der Waals surface area (Å²) in [6.07, 6.45) is 1.15. The van der Waals surface area contributed by atoms with E-state index in [-0.39, 0.29) is 6.61 Å². The second-order valence-corrected chi connectivity index (χ2v) is 2.54. The molecule has 0 aliphatic rings. The minimum atomic E-state index is -2.46. The van der Waals surface area contributed by atoms with E-state index in [0.29, 0.717) is 6.61 Å². The quantitative estimate of drug-likeness (QED) is 0.336. The van der Waals surface area contributed by atoms with Gasteiger partial charge in [0.25, 0.3) is 0 Å². The van der Waals surface area contributed by atoms with Gasteiger partial charge in [-0.25, -0.2) is 4.21 Å². The Morgan fingerprint density at radius 3 is 2.91 bits per heavy atom. The molecular weight excluding hydrogens is 168 g/mol. The van der Waals surface area contributed by atoms with E-state index < -0.39 is 17.5 Å². The molecule has 0 fully saturated rings. The van der Waals surface area contributed by atoms with E-state index >= 15 is 0 Å². The molecule has 0 saturated heterocycles. The molecule has 0 aliphatic heterocycles. The highest BCUT2D eigenvalue weighted by molar-refractivity contribution is 7.74. The normalized spacial score (nSPS) is 15.8. The van der Waals surface area contributed by atoms with Crippen molar-refractivity contribution < 1.29 is 17.7 Å². The van der Waals surface area contributed by atoms with E-state index in [9.17, 15) is 8.76 Å². The molecule has 0 bridgehead atoms. The molecule has 4 nitrogen and oxygen atoms in total. The molecule has 11 heavy (non-hydrogen) atoms. The first-order valence-corrected chi connectivity index (χ1v) is 4.12. The molecule has 0 aromatic rings. The molecule has 0 aliphatic carbocycles. The number of hydrogen-bond acceptors (Lipinski definition) is 4. The van der Waals surface area contributed by atoms with E-state index in [1.807, 2.05) is 0 Å². The Balaban J connectivity index is 3.28. The van der Waals surface area contributed by atoms with Gasteiger partial charge in [0.2, 0.25) is 0 Å². The molecule has 0 heterocycles. The fourth-order valence-corrected chi connectivity index (χ4v) is 0.803. The van der Waals surface area contributed by atoms with Crippen LogP contribution in [0.1, 0.15) is 6.92 Å². The fourth-order valence-electron chi connectivity index (χ4n) is 0.479. The van der Waals surface area contributed by atoms with Crippen molar-refractivity contribution >= 4 is 11.4 Å². The standard InChI is InChI=1S/C6H12O4S/c1-3-4-9-5-6(2)10-11(7)8/h3,6H,1,4-5H2,2H3,(H,7,8)/p-1. The molecule has 0 amide bonds. The molecular formula is C6H11O4S-. The van der Waals surface area contributed by atoms with Gasteiger partial charge in [0.15, 0.2) is 0 Å². The molecule has 0 aromatic carbocycles. The van der Waals surface area contributed by atoms with Gasteiger partial charge < -0.3 is 9.29 Å². The monoisotopic (exact) mass is 179 g/mol. The zero-order valence-electron chi connectivity index (χ0n) is 6.32. The molecule has 0 rings (SSSR count). The highest BCUT2D eigenvalue weighted by atomic mass is 32.2. The van der Waals surface area contributed by atoms with Crippen LogP contribution in [0.25, 0.3) is 0 Å². The molecule has 2 atom stereocenters. The van der Waals surface area contributed by atoms with Gasteiger partial charge in [0, 0.05) is 0 Å². The van der Waals surface area contributed by atoms with Gasteiger partial charge in [-0.2, -0.15) is 0 Å². The molecule has 0 saturated carbocycles. The Bertz CT molecular complexity index is 137. The molecule has 66 valence electrons. The lowest BCUT2D eigenvalue weighted by molar-refractivity contribution is 0.0755. The number of ether oxygens (including phenoxy) is 1. The Morgan fingerprint density at radius 2 is 2.45 bits per heavy atom. The minimum absolute atomic E-state index is 0.250. The molecule has 2 unspecified atom stereocenters. The van der Waals surface area contributed by atoms with Crippen LogP contribution in [0.5, 0.6) is 0 Å². The van der Waals surface area contributed by atoms with E-state index in [2.05, 4.69) is 10.8 Å². The summed E-state index contributed by atoms with van der Waals surface area (Å²) in [5.41, 5.74) is 0. The summed E-state index contributed by atoms with van der Waals surface area (Å²) in [4.78, 5) is 0. The van der Waals surface area contributed by atoms with Crippen LogP contribution < -0.4 is 0 Å². The summed E-state index contributed by atoms with van der Waals surface area (Å²) in [7, 11) is 0. The van der Waals surface area contributed by atoms with Gasteiger partial charge in [0.1, 0.15) is 0 Å². The van der Waals surface area contributed by atoms with Gasteiger partial charge in [-0.05, 0) is 6.92 Å². The van der Waals surface area contributed by atoms with Crippen molar-refractivity contribution in [1.29, 1.82) is 0 Å².